The van der Waals surface area contributed by atoms with Crippen molar-refractivity contribution < 1.29 is 18.0 Å². The number of rotatable bonds is 9. The molecule has 0 radical (unpaired) electrons. The quantitative estimate of drug-likeness (QED) is 0.534. The standard InChI is InChI=1S/C24H32N2O4S2/c1-4-18(5-2)23(22-7-6-16-31-22)25-24(28)20-12-14-26(15-13-20)32(29,30)21-10-8-19(9-11-21)17(3)27/h6-11,16,18,20,23H,4-5,12-15H2,1-3H3,(H,25,28)/t23-/m0/s1. The maximum atomic E-state index is 13.1. The largest absolute Gasteiger partial charge is 0.348 e. The second-order valence-electron chi connectivity index (χ2n) is 8.34. The van der Waals surface area contributed by atoms with Crippen LogP contribution in [0.5, 0.6) is 0 Å². The van der Waals surface area contributed by atoms with Gasteiger partial charge < -0.3 is 5.32 Å². The van der Waals surface area contributed by atoms with E-state index in [1.165, 1.54) is 40.4 Å². The Kier molecular flexibility index (Phi) is 8.25. The maximum absolute atomic E-state index is 13.1. The molecule has 0 bridgehead atoms. The Labute approximate surface area is 195 Å². The van der Waals surface area contributed by atoms with Gasteiger partial charge in [0.05, 0.1) is 10.9 Å². The number of benzene rings is 1. The number of nitrogens with one attached hydrogen (secondary N) is 1. The Balaban J connectivity index is 1.64. The highest BCUT2D eigenvalue weighted by atomic mass is 32.2. The molecule has 0 saturated carbocycles. The molecule has 1 N–H and O–H groups in total. The van der Waals surface area contributed by atoms with Gasteiger partial charge in [-0.1, -0.05) is 44.9 Å². The van der Waals surface area contributed by atoms with Gasteiger partial charge in [0.25, 0.3) is 0 Å². The summed E-state index contributed by atoms with van der Waals surface area (Å²) in [5.74, 6) is 0.0857. The monoisotopic (exact) mass is 476 g/mol. The molecule has 1 amide bonds. The SMILES string of the molecule is CCC(CC)[C@H](NC(=O)C1CCN(S(=O)(=O)c2ccc(C(C)=O)cc2)CC1)c1cccs1. The lowest BCUT2D eigenvalue weighted by Crippen LogP contribution is -2.44. The minimum absolute atomic E-state index is 0.000877. The lowest BCUT2D eigenvalue weighted by Gasteiger charge is -2.32. The third kappa shape index (κ3) is 5.47. The highest BCUT2D eigenvalue weighted by Crippen LogP contribution is 2.32. The zero-order valence-electron chi connectivity index (χ0n) is 18.9. The Bertz CT molecular complexity index is 1000. The molecule has 1 aliphatic heterocycles. The number of ketones is 1. The zero-order valence-corrected chi connectivity index (χ0v) is 20.5. The first-order valence-corrected chi connectivity index (χ1v) is 13.5. The van der Waals surface area contributed by atoms with Crippen molar-refractivity contribution in [2.75, 3.05) is 13.1 Å². The number of carbonyl (C=O) groups is 2. The Morgan fingerprint density at radius 3 is 2.22 bits per heavy atom. The summed E-state index contributed by atoms with van der Waals surface area (Å²) >= 11 is 1.66. The smallest absolute Gasteiger partial charge is 0.243 e. The van der Waals surface area contributed by atoms with E-state index in [0.29, 0.717) is 37.4 Å². The molecule has 0 aliphatic carbocycles. The van der Waals surface area contributed by atoms with Crippen LogP contribution in [-0.2, 0) is 14.8 Å². The Morgan fingerprint density at radius 2 is 1.72 bits per heavy atom. The number of nitrogens with zero attached hydrogens (tertiary/aromatic N) is 1. The third-order valence-corrected chi connectivity index (χ3v) is 9.26. The zero-order chi connectivity index (χ0) is 23.3. The predicted octanol–water partition coefficient (Wildman–Crippen LogP) is 4.65. The molecule has 6 nitrogen and oxygen atoms in total. The molecule has 2 heterocycles. The summed E-state index contributed by atoms with van der Waals surface area (Å²) in [4.78, 5) is 25.8. The molecule has 1 atom stereocenters. The molecular weight excluding hydrogens is 444 g/mol. The van der Waals surface area contributed by atoms with Crippen molar-refractivity contribution >= 4 is 33.1 Å². The van der Waals surface area contributed by atoms with E-state index in [1.807, 2.05) is 11.4 Å². The molecule has 32 heavy (non-hydrogen) atoms. The average Bonchev–Trinajstić information content (AvgIpc) is 3.34. The number of hydrogen-bond donors (Lipinski definition) is 1. The van der Waals surface area contributed by atoms with Crippen molar-refractivity contribution in [2.24, 2.45) is 11.8 Å². The van der Waals surface area contributed by atoms with Crippen LogP contribution in [0.4, 0.5) is 0 Å². The molecule has 2 aromatic rings. The first kappa shape index (κ1) is 24.6. The van der Waals surface area contributed by atoms with Gasteiger partial charge in [-0.25, -0.2) is 8.42 Å². The van der Waals surface area contributed by atoms with E-state index >= 15 is 0 Å². The van der Waals surface area contributed by atoms with Crippen LogP contribution >= 0.6 is 11.3 Å². The van der Waals surface area contributed by atoms with Crippen molar-refractivity contribution in [3.63, 3.8) is 0 Å². The minimum atomic E-state index is -3.64. The number of piperidine rings is 1. The lowest BCUT2D eigenvalue weighted by molar-refractivity contribution is -0.127. The van der Waals surface area contributed by atoms with Gasteiger partial charge in [-0.15, -0.1) is 11.3 Å². The van der Waals surface area contributed by atoms with E-state index in [1.54, 1.807) is 11.3 Å². The summed E-state index contributed by atoms with van der Waals surface area (Å²) in [6, 6.07) is 10.1. The molecule has 1 aromatic heterocycles. The van der Waals surface area contributed by atoms with Gasteiger partial charge in [-0.2, -0.15) is 4.31 Å². The highest BCUT2D eigenvalue weighted by molar-refractivity contribution is 7.89. The second-order valence-corrected chi connectivity index (χ2v) is 11.3. The Morgan fingerprint density at radius 1 is 1.09 bits per heavy atom. The van der Waals surface area contributed by atoms with E-state index in [-0.39, 0.29) is 28.5 Å². The number of carbonyl (C=O) groups excluding carboxylic acids is 2. The van der Waals surface area contributed by atoms with E-state index < -0.39 is 10.0 Å². The molecule has 1 fully saturated rings. The van der Waals surface area contributed by atoms with Crippen LogP contribution in [0.25, 0.3) is 0 Å². The number of amides is 1. The van der Waals surface area contributed by atoms with Gasteiger partial charge >= 0.3 is 0 Å². The molecule has 3 rings (SSSR count). The topological polar surface area (TPSA) is 83.6 Å². The maximum Gasteiger partial charge on any atom is 0.243 e. The highest BCUT2D eigenvalue weighted by Gasteiger charge is 2.34. The fourth-order valence-electron chi connectivity index (χ4n) is 4.29. The normalized spacial score (nSPS) is 16.8. The van der Waals surface area contributed by atoms with Crippen molar-refractivity contribution in [3.8, 4) is 0 Å². The van der Waals surface area contributed by atoms with Crippen LogP contribution in [0.2, 0.25) is 0 Å². The van der Waals surface area contributed by atoms with Crippen LogP contribution in [0.1, 0.15) is 67.7 Å². The lowest BCUT2D eigenvalue weighted by atomic mass is 9.91. The van der Waals surface area contributed by atoms with Crippen LogP contribution in [-0.4, -0.2) is 37.5 Å². The van der Waals surface area contributed by atoms with Crippen molar-refractivity contribution in [3.05, 3.63) is 52.2 Å². The minimum Gasteiger partial charge on any atom is -0.348 e. The fourth-order valence-corrected chi connectivity index (χ4v) is 6.63. The van der Waals surface area contributed by atoms with E-state index in [0.717, 1.165) is 12.8 Å². The number of Topliss-reactive ketones (excluding diaryl/α,β-unsaturated/α-hetero) is 1. The van der Waals surface area contributed by atoms with Crippen molar-refractivity contribution in [1.82, 2.24) is 9.62 Å². The molecule has 0 unspecified atom stereocenters. The van der Waals surface area contributed by atoms with E-state index in [2.05, 4.69) is 25.2 Å². The molecule has 8 heteroatoms. The van der Waals surface area contributed by atoms with Crippen LogP contribution in [0.3, 0.4) is 0 Å². The van der Waals surface area contributed by atoms with Crippen LogP contribution in [0.15, 0.2) is 46.7 Å². The van der Waals surface area contributed by atoms with Gasteiger partial charge in [-0.3, -0.25) is 9.59 Å². The van der Waals surface area contributed by atoms with Gasteiger partial charge in [0.1, 0.15) is 0 Å². The predicted molar refractivity (Wildman–Crippen MR) is 127 cm³/mol. The Hall–Kier alpha value is -2.03. The van der Waals surface area contributed by atoms with Crippen LogP contribution in [0, 0.1) is 11.8 Å². The average molecular weight is 477 g/mol. The van der Waals surface area contributed by atoms with Crippen LogP contribution < -0.4 is 5.32 Å². The summed E-state index contributed by atoms with van der Waals surface area (Å²) in [6.45, 7) is 6.36. The van der Waals surface area contributed by atoms with Gasteiger partial charge in [0.2, 0.25) is 15.9 Å². The van der Waals surface area contributed by atoms with E-state index in [4.69, 9.17) is 0 Å². The molecule has 0 spiro atoms. The molecule has 174 valence electrons. The third-order valence-electron chi connectivity index (χ3n) is 6.39. The molecule has 1 aromatic carbocycles. The number of hydrogen-bond acceptors (Lipinski definition) is 5. The fraction of sp³-hybridized carbons (Fsp3) is 0.500. The summed E-state index contributed by atoms with van der Waals surface area (Å²) in [5.41, 5.74) is 0.483. The summed E-state index contributed by atoms with van der Waals surface area (Å²) < 4.78 is 27.4. The van der Waals surface area contributed by atoms with Crippen molar-refractivity contribution in [1.29, 1.82) is 0 Å². The van der Waals surface area contributed by atoms with Gasteiger partial charge in [-0.05, 0) is 49.3 Å². The molecular formula is C24H32N2O4S2. The van der Waals surface area contributed by atoms with Gasteiger partial charge in [0, 0.05) is 29.4 Å². The first-order chi connectivity index (χ1) is 15.3. The summed E-state index contributed by atoms with van der Waals surface area (Å²) in [7, 11) is -3.64. The van der Waals surface area contributed by atoms with E-state index in [9.17, 15) is 18.0 Å². The molecule has 1 aliphatic rings. The van der Waals surface area contributed by atoms with Crippen molar-refractivity contribution in [2.45, 2.75) is 57.4 Å². The number of sulfonamides is 1. The van der Waals surface area contributed by atoms with Gasteiger partial charge in [0.15, 0.2) is 5.78 Å². The summed E-state index contributed by atoms with van der Waals surface area (Å²) in [6.07, 6.45) is 2.96. The number of thiophene rings is 1. The second kappa shape index (κ2) is 10.7. The first-order valence-electron chi connectivity index (χ1n) is 11.2. The summed E-state index contributed by atoms with van der Waals surface area (Å²) in [5, 5.41) is 5.30. The molecule has 1 saturated heterocycles.